The molecular formula is C28H38N2O5S. The van der Waals surface area contributed by atoms with Gasteiger partial charge in [-0.05, 0) is 51.5 Å². The summed E-state index contributed by atoms with van der Waals surface area (Å²) in [4.78, 5) is 43.2. The van der Waals surface area contributed by atoms with Gasteiger partial charge in [0.2, 0.25) is 11.8 Å². The number of amides is 2. The number of carbonyl (C=O) groups excluding carboxylic acids is 3. The molecule has 4 aliphatic rings. The van der Waals surface area contributed by atoms with Gasteiger partial charge in [0.1, 0.15) is 6.04 Å². The Morgan fingerprint density at radius 2 is 1.92 bits per heavy atom. The molecular weight excluding hydrogens is 476 g/mol. The van der Waals surface area contributed by atoms with E-state index < -0.39 is 33.4 Å². The van der Waals surface area contributed by atoms with Crippen molar-refractivity contribution in [1.82, 2.24) is 10.2 Å². The number of hydrogen-bond donors (Lipinski definition) is 2. The van der Waals surface area contributed by atoms with E-state index in [0.29, 0.717) is 12.8 Å². The summed E-state index contributed by atoms with van der Waals surface area (Å²) in [7, 11) is 0. The largest absolute Gasteiger partial charge is 0.466 e. The van der Waals surface area contributed by atoms with E-state index >= 15 is 0 Å². The van der Waals surface area contributed by atoms with Gasteiger partial charge in [-0.3, -0.25) is 14.4 Å². The number of likely N-dealkylation sites (tertiary alicyclic amines) is 1. The van der Waals surface area contributed by atoms with Crippen LogP contribution in [0.3, 0.4) is 0 Å². The van der Waals surface area contributed by atoms with Gasteiger partial charge in [-0.25, -0.2) is 0 Å². The Hall–Kier alpha value is -2.06. The monoisotopic (exact) mass is 514 g/mol. The number of thioether (sulfide) groups is 1. The fourth-order valence-electron chi connectivity index (χ4n) is 7.31. The molecule has 3 saturated heterocycles. The summed E-state index contributed by atoms with van der Waals surface area (Å²) < 4.78 is 4.34. The number of esters is 1. The van der Waals surface area contributed by atoms with E-state index in [1.54, 1.807) is 23.6 Å². The van der Waals surface area contributed by atoms with Crippen LogP contribution in [-0.4, -0.2) is 68.6 Å². The molecule has 0 radical (unpaired) electrons. The van der Waals surface area contributed by atoms with Gasteiger partial charge < -0.3 is 20.1 Å². The SMILES string of the molecule is CCOC(=O)[C@@H]1[C@H]2C(=O)N([C@@H](CO)Cc3ccccc3)C(C(=O)NC3CCCCC3)C23CC[C@@]1(C)S3. The van der Waals surface area contributed by atoms with Crippen LogP contribution in [0.1, 0.15) is 64.4 Å². The predicted molar refractivity (Wildman–Crippen MR) is 138 cm³/mol. The van der Waals surface area contributed by atoms with Crippen molar-refractivity contribution in [1.29, 1.82) is 0 Å². The summed E-state index contributed by atoms with van der Waals surface area (Å²) in [5.74, 6) is -1.88. The zero-order valence-electron chi connectivity index (χ0n) is 21.3. The molecule has 8 heteroatoms. The number of aliphatic hydroxyl groups is 1. The molecule has 1 saturated carbocycles. The first-order chi connectivity index (χ1) is 17.3. The van der Waals surface area contributed by atoms with E-state index in [-0.39, 0.29) is 37.0 Å². The van der Waals surface area contributed by atoms with Crippen molar-refractivity contribution >= 4 is 29.5 Å². The highest BCUT2D eigenvalue weighted by atomic mass is 32.2. The van der Waals surface area contributed by atoms with E-state index in [1.807, 2.05) is 37.3 Å². The van der Waals surface area contributed by atoms with Crippen molar-refractivity contribution < 1.29 is 24.2 Å². The van der Waals surface area contributed by atoms with Crippen LogP contribution in [-0.2, 0) is 25.5 Å². The van der Waals surface area contributed by atoms with E-state index in [4.69, 9.17) is 4.74 Å². The highest BCUT2D eigenvalue weighted by Crippen LogP contribution is 2.71. The number of benzene rings is 1. The highest BCUT2D eigenvalue weighted by Gasteiger charge is 2.78. The van der Waals surface area contributed by atoms with Crippen molar-refractivity contribution in [3.63, 3.8) is 0 Å². The first kappa shape index (κ1) is 25.6. The molecule has 36 heavy (non-hydrogen) atoms. The quantitative estimate of drug-likeness (QED) is 0.518. The number of fused-ring (bicyclic) bond motifs is 1. The molecule has 1 spiro atoms. The Bertz CT molecular complexity index is 999. The van der Waals surface area contributed by atoms with Gasteiger partial charge in [-0.1, -0.05) is 49.6 Å². The lowest BCUT2D eigenvalue weighted by atomic mass is 9.66. The van der Waals surface area contributed by atoms with Crippen molar-refractivity contribution in [2.75, 3.05) is 13.2 Å². The number of rotatable bonds is 8. The number of hydrogen-bond acceptors (Lipinski definition) is 6. The lowest BCUT2D eigenvalue weighted by Gasteiger charge is -2.38. The standard InChI is InChI=1S/C28H38N2O5S/c1-3-35-26(34)22-21-25(33)30(20(17-31)16-18-10-6-4-7-11-18)23(28(21)15-14-27(22,2)36-28)24(32)29-19-12-8-5-9-13-19/h4,6-7,10-11,19-23,31H,3,5,8-9,12-17H2,1-2H3,(H,29,32)/t20-,21+,22+,23?,27-,28?/m1/s1. The van der Waals surface area contributed by atoms with Gasteiger partial charge in [0.15, 0.2) is 0 Å². The summed E-state index contributed by atoms with van der Waals surface area (Å²) >= 11 is 1.65. The number of carbonyl (C=O) groups is 3. The molecule has 2 amide bonds. The highest BCUT2D eigenvalue weighted by molar-refractivity contribution is 8.02. The fraction of sp³-hybridized carbons (Fsp3) is 0.679. The van der Waals surface area contributed by atoms with Crippen molar-refractivity contribution in [3.05, 3.63) is 35.9 Å². The molecule has 7 nitrogen and oxygen atoms in total. The van der Waals surface area contributed by atoms with Gasteiger partial charge in [-0.15, -0.1) is 11.8 Å². The third-order valence-electron chi connectivity index (χ3n) is 8.87. The molecule has 1 aliphatic carbocycles. The topological polar surface area (TPSA) is 95.9 Å². The first-order valence-corrected chi connectivity index (χ1v) is 14.3. The molecule has 2 bridgehead atoms. The van der Waals surface area contributed by atoms with Gasteiger partial charge in [0, 0.05) is 10.8 Å². The minimum atomic E-state index is -0.718. The first-order valence-electron chi connectivity index (χ1n) is 13.5. The summed E-state index contributed by atoms with van der Waals surface area (Å²) in [6.07, 6.45) is 7.18. The van der Waals surface area contributed by atoms with E-state index in [9.17, 15) is 19.5 Å². The molecule has 1 aromatic carbocycles. The molecule has 0 aromatic heterocycles. The fourth-order valence-corrected chi connectivity index (χ4v) is 9.64. The van der Waals surface area contributed by atoms with Crippen LogP contribution in [0.25, 0.3) is 0 Å². The van der Waals surface area contributed by atoms with Gasteiger partial charge >= 0.3 is 5.97 Å². The zero-order chi connectivity index (χ0) is 25.5. The third kappa shape index (κ3) is 4.14. The van der Waals surface area contributed by atoms with Crippen molar-refractivity contribution in [2.45, 2.75) is 92.8 Å². The average Bonchev–Trinajstić information content (AvgIpc) is 3.44. The maximum Gasteiger partial charge on any atom is 0.311 e. The summed E-state index contributed by atoms with van der Waals surface area (Å²) in [6, 6.07) is 8.60. The predicted octanol–water partition coefficient (Wildman–Crippen LogP) is 3.08. The van der Waals surface area contributed by atoms with Gasteiger partial charge in [0.25, 0.3) is 0 Å². The Morgan fingerprint density at radius 1 is 1.19 bits per heavy atom. The number of nitrogens with one attached hydrogen (secondary N) is 1. The lowest BCUT2D eigenvalue weighted by molar-refractivity contribution is -0.155. The van der Waals surface area contributed by atoms with E-state index in [0.717, 1.165) is 37.7 Å². The normalized spacial score (nSPS) is 34.5. The van der Waals surface area contributed by atoms with E-state index in [1.165, 1.54) is 6.42 Å². The Kier molecular flexibility index (Phi) is 7.11. The Balaban J connectivity index is 1.53. The van der Waals surface area contributed by atoms with Crippen molar-refractivity contribution in [2.24, 2.45) is 11.8 Å². The van der Waals surface area contributed by atoms with Crippen molar-refractivity contribution in [3.8, 4) is 0 Å². The maximum atomic E-state index is 14.2. The minimum absolute atomic E-state index is 0.111. The molecule has 4 fully saturated rings. The van der Waals surface area contributed by atoms with Crippen LogP contribution in [0, 0.1) is 11.8 Å². The Labute approximate surface area is 217 Å². The number of nitrogens with zero attached hydrogens (tertiary/aromatic N) is 1. The molecule has 3 heterocycles. The second-order valence-corrected chi connectivity index (χ2v) is 13.0. The van der Waals surface area contributed by atoms with Gasteiger partial charge in [0.05, 0.1) is 35.8 Å². The zero-order valence-corrected chi connectivity index (χ0v) is 22.1. The molecule has 196 valence electrons. The number of ether oxygens (including phenoxy) is 1. The molecule has 2 N–H and O–H groups in total. The lowest BCUT2D eigenvalue weighted by Crippen LogP contribution is -2.58. The smallest absolute Gasteiger partial charge is 0.311 e. The van der Waals surface area contributed by atoms with Crippen LogP contribution in [0.5, 0.6) is 0 Å². The van der Waals surface area contributed by atoms with E-state index in [2.05, 4.69) is 5.32 Å². The summed E-state index contributed by atoms with van der Waals surface area (Å²) in [5, 5.41) is 13.8. The van der Waals surface area contributed by atoms with Crippen LogP contribution in [0.2, 0.25) is 0 Å². The van der Waals surface area contributed by atoms with Crippen LogP contribution >= 0.6 is 11.8 Å². The minimum Gasteiger partial charge on any atom is -0.466 e. The Morgan fingerprint density at radius 3 is 2.58 bits per heavy atom. The third-order valence-corrected chi connectivity index (χ3v) is 10.9. The molecule has 2 unspecified atom stereocenters. The number of aliphatic hydroxyl groups excluding tert-OH is 1. The molecule has 6 atom stereocenters. The van der Waals surface area contributed by atoms with Crippen LogP contribution < -0.4 is 5.32 Å². The van der Waals surface area contributed by atoms with Crippen LogP contribution in [0.4, 0.5) is 0 Å². The second-order valence-electron chi connectivity index (χ2n) is 11.1. The average molecular weight is 515 g/mol. The maximum absolute atomic E-state index is 14.2. The molecule has 3 aliphatic heterocycles. The van der Waals surface area contributed by atoms with Gasteiger partial charge in [-0.2, -0.15) is 0 Å². The van der Waals surface area contributed by atoms with Crippen LogP contribution in [0.15, 0.2) is 30.3 Å². The summed E-state index contributed by atoms with van der Waals surface area (Å²) in [6.45, 7) is 3.84. The second kappa shape index (κ2) is 10.0. The molecule has 5 rings (SSSR count). The summed E-state index contributed by atoms with van der Waals surface area (Å²) in [5.41, 5.74) is 0.996. The molecule has 1 aromatic rings.